The number of halogens is 6. The molecule has 4 aromatic rings. The standard InChI is InChI=1S/C23H24F6N8O2/c1-38-8-7-35-6-5-17(22(25,26)11-35)30-21-31-20(39-2)19-18(14(24)10-36(19)33-21)13-3-4-15-16(9-13)37(34-32-15)12-23(27,28)29/h3-4,9-10,17H,5-8,11-12H2,1-2H3,(H,30,33). The number of rotatable bonds is 8. The van der Waals surface area contributed by atoms with Crippen LogP contribution in [0.2, 0.25) is 0 Å². The lowest BCUT2D eigenvalue weighted by Gasteiger charge is -2.38. The van der Waals surface area contributed by atoms with E-state index in [0.717, 1.165) is 10.7 Å². The van der Waals surface area contributed by atoms with Crippen LogP contribution in [0.1, 0.15) is 6.42 Å². The zero-order chi connectivity index (χ0) is 27.9. The Hall–Kier alpha value is -3.66. The number of methoxy groups -OCH3 is 2. The van der Waals surface area contributed by atoms with Gasteiger partial charge in [-0.05, 0) is 24.1 Å². The van der Waals surface area contributed by atoms with Gasteiger partial charge >= 0.3 is 6.18 Å². The number of hydrogen-bond acceptors (Lipinski definition) is 8. The topological polar surface area (TPSA) is 94.6 Å². The highest BCUT2D eigenvalue weighted by Crippen LogP contribution is 2.36. The third-order valence-electron chi connectivity index (χ3n) is 6.47. The minimum Gasteiger partial charge on any atom is -0.479 e. The number of nitrogens with one attached hydrogen (secondary N) is 1. The summed E-state index contributed by atoms with van der Waals surface area (Å²) in [5.74, 6) is -4.19. The summed E-state index contributed by atoms with van der Waals surface area (Å²) in [4.78, 5) is 5.79. The number of benzene rings is 1. The predicted octanol–water partition coefficient (Wildman–Crippen LogP) is 3.62. The van der Waals surface area contributed by atoms with Crippen molar-refractivity contribution in [1.82, 2.24) is 34.5 Å². The van der Waals surface area contributed by atoms with E-state index < -0.39 is 37.0 Å². The van der Waals surface area contributed by atoms with Crippen LogP contribution in [-0.4, -0.2) is 93.1 Å². The molecule has 0 spiro atoms. The number of anilines is 1. The number of aromatic nitrogens is 6. The molecule has 0 radical (unpaired) electrons. The zero-order valence-electron chi connectivity index (χ0n) is 20.8. The molecule has 4 heterocycles. The molecule has 1 saturated heterocycles. The van der Waals surface area contributed by atoms with Crippen LogP contribution in [0.3, 0.4) is 0 Å². The fourth-order valence-corrected chi connectivity index (χ4v) is 4.66. The highest BCUT2D eigenvalue weighted by atomic mass is 19.4. The average Bonchev–Trinajstić information content (AvgIpc) is 3.41. The molecule has 10 nitrogen and oxygen atoms in total. The number of hydrogen-bond donors (Lipinski definition) is 1. The van der Waals surface area contributed by atoms with Crippen LogP contribution in [0, 0.1) is 5.82 Å². The normalized spacial score (nSPS) is 18.2. The van der Waals surface area contributed by atoms with Gasteiger partial charge in [-0.3, -0.25) is 4.90 Å². The van der Waals surface area contributed by atoms with Crippen molar-refractivity contribution in [2.75, 3.05) is 45.8 Å². The summed E-state index contributed by atoms with van der Waals surface area (Å²) >= 11 is 0. The molecule has 1 fully saturated rings. The second kappa shape index (κ2) is 10.1. The molecule has 1 aliphatic heterocycles. The Balaban J connectivity index is 1.48. The molecule has 210 valence electrons. The second-order valence-corrected chi connectivity index (χ2v) is 9.17. The highest BCUT2D eigenvalue weighted by molar-refractivity contribution is 5.89. The predicted molar refractivity (Wildman–Crippen MR) is 127 cm³/mol. The Bertz CT molecular complexity index is 1490. The number of fused-ring (bicyclic) bond motifs is 2. The summed E-state index contributed by atoms with van der Waals surface area (Å²) < 4.78 is 96.0. The van der Waals surface area contributed by atoms with Gasteiger partial charge in [0.2, 0.25) is 11.8 Å². The van der Waals surface area contributed by atoms with Crippen LogP contribution in [0.4, 0.5) is 32.3 Å². The van der Waals surface area contributed by atoms with Crippen LogP contribution in [-0.2, 0) is 11.3 Å². The van der Waals surface area contributed by atoms with Gasteiger partial charge in [0.05, 0.1) is 43.6 Å². The molecular formula is C23H24F6N8O2. The molecular weight excluding hydrogens is 534 g/mol. The first-order valence-electron chi connectivity index (χ1n) is 11.9. The number of piperidine rings is 1. The van der Waals surface area contributed by atoms with E-state index in [1.54, 1.807) is 4.90 Å². The van der Waals surface area contributed by atoms with Gasteiger partial charge in [0, 0.05) is 20.2 Å². The lowest BCUT2D eigenvalue weighted by molar-refractivity contribution is -0.142. The third kappa shape index (κ3) is 5.43. The van der Waals surface area contributed by atoms with Gasteiger partial charge in [0.15, 0.2) is 5.82 Å². The molecule has 0 saturated carbocycles. The van der Waals surface area contributed by atoms with Crippen molar-refractivity contribution in [2.45, 2.75) is 31.1 Å². The van der Waals surface area contributed by atoms with Crippen LogP contribution in [0.15, 0.2) is 24.4 Å². The lowest BCUT2D eigenvalue weighted by Crippen LogP contribution is -2.55. The molecule has 3 aromatic heterocycles. The minimum absolute atomic E-state index is 0.0424. The summed E-state index contributed by atoms with van der Waals surface area (Å²) in [6, 6.07) is 2.93. The van der Waals surface area contributed by atoms with Crippen molar-refractivity contribution in [2.24, 2.45) is 0 Å². The van der Waals surface area contributed by atoms with Crippen LogP contribution in [0.25, 0.3) is 27.7 Å². The van der Waals surface area contributed by atoms with E-state index in [0.29, 0.717) is 24.4 Å². The molecule has 39 heavy (non-hydrogen) atoms. The minimum atomic E-state index is -4.54. The van der Waals surface area contributed by atoms with E-state index in [4.69, 9.17) is 9.47 Å². The molecule has 1 atom stereocenters. The van der Waals surface area contributed by atoms with E-state index in [1.807, 2.05) is 0 Å². The lowest BCUT2D eigenvalue weighted by atomic mass is 10.0. The van der Waals surface area contributed by atoms with E-state index in [1.165, 1.54) is 32.4 Å². The van der Waals surface area contributed by atoms with Crippen molar-refractivity contribution >= 4 is 22.5 Å². The fraction of sp³-hybridized carbons (Fsp3) is 0.478. The maximum Gasteiger partial charge on any atom is 0.408 e. The molecule has 1 N–H and O–H groups in total. The Kier molecular flexibility index (Phi) is 7.00. The average molecular weight is 558 g/mol. The molecule has 1 aliphatic rings. The number of likely N-dealkylation sites (tertiary alicyclic amines) is 1. The van der Waals surface area contributed by atoms with Crippen LogP contribution in [0.5, 0.6) is 5.88 Å². The molecule has 1 unspecified atom stereocenters. The van der Waals surface area contributed by atoms with Crippen LogP contribution >= 0.6 is 0 Å². The molecule has 5 rings (SSSR count). The van der Waals surface area contributed by atoms with E-state index in [-0.39, 0.29) is 45.9 Å². The van der Waals surface area contributed by atoms with Gasteiger partial charge in [0.25, 0.3) is 5.92 Å². The summed E-state index contributed by atoms with van der Waals surface area (Å²) in [5.41, 5.74) is 0.454. The van der Waals surface area contributed by atoms with Gasteiger partial charge in [-0.25, -0.2) is 22.4 Å². The highest BCUT2D eigenvalue weighted by Gasteiger charge is 2.45. The van der Waals surface area contributed by atoms with Gasteiger partial charge < -0.3 is 14.8 Å². The number of ether oxygens (including phenoxy) is 2. The van der Waals surface area contributed by atoms with Gasteiger partial charge in [-0.2, -0.15) is 18.2 Å². The molecule has 16 heteroatoms. The number of alkyl halides is 5. The maximum absolute atomic E-state index is 15.2. The monoisotopic (exact) mass is 558 g/mol. The van der Waals surface area contributed by atoms with Crippen LogP contribution < -0.4 is 10.1 Å². The van der Waals surface area contributed by atoms with Crippen molar-refractivity contribution in [3.05, 3.63) is 30.2 Å². The SMILES string of the molecule is COCCN1CCC(Nc2nc(OC)c3c(-c4ccc5nnn(CC(F)(F)F)c5c4)c(F)cn3n2)C(F)(F)C1. The van der Waals surface area contributed by atoms with Gasteiger partial charge in [0.1, 0.15) is 17.6 Å². The van der Waals surface area contributed by atoms with E-state index >= 15 is 4.39 Å². The largest absolute Gasteiger partial charge is 0.479 e. The Morgan fingerprint density at radius 2 is 2.00 bits per heavy atom. The Labute approximate surface area is 217 Å². The van der Waals surface area contributed by atoms with Crippen molar-refractivity contribution in [3.8, 4) is 17.0 Å². The smallest absolute Gasteiger partial charge is 0.408 e. The maximum atomic E-state index is 15.2. The second-order valence-electron chi connectivity index (χ2n) is 9.17. The first kappa shape index (κ1) is 26.9. The first-order chi connectivity index (χ1) is 18.5. The zero-order valence-corrected chi connectivity index (χ0v) is 20.8. The van der Waals surface area contributed by atoms with E-state index in [9.17, 15) is 22.0 Å². The van der Waals surface area contributed by atoms with Crippen molar-refractivity contribution in [3.63, 3.8) is 0 Å². The molecule has 0 bridgehead atoms. The summed E-state index contributed by atoms with van der Waals surface area (Å²) in [7, 11) is 2.77. The first-order valence-corrected chi connectivity index (χ1v) is 11.9. The summed E-state index contributed by atoms with van der Waals surface area (Å²) in [6.07, 6.45) is -3.42. The molecule has 0 aliphatic carbocycles. The molecule has 1 aromatic carbocycles. The van der Waals surface area contributed by atoms with Crippen molar-refractivity contribution in [1.29, 1.82) is 0 Å². The number of nitrogens with zero attached hydrogens (tertiary/aromatic N) is 7. The Morgan fingerprint density at radius 1 is 1.21 bits per heavy atom. The Morgan fingerprint density at radius 3 is 2.69 bits per heavy atom. The van der Waals surface area contributed by atoms with Gasteiger partial charge in [-0.15, -0.1) is 10.2 Å². The summed E-state index contributed by atoms with van der Waals surface area (Å²) in [6.45, 7) is -0.734. The van der Waals surface area contributed by atoms with E-state index in [2.05, 4.69) is 25.7 Å². The molecule has 0 amide bonds. The third-order valence-corrected chi connectivity index (χ3v) is 6.47. The fourth-order valence-electron chi connectivity index (χ4n) is 4.66. The van der Waals surface area contributed by atoms with Crippen molar-refractivity contribution < 1.29 is 35.8 Å². The van der Waals surface area contributed by atoms with Gasteiger partial charge in [-0.1, -0.05) is 11.3 Å². The quantitative estimate of drug-likeness (QED) is 0.328. The summed E-state index contributed by atoms with van der Waals surface area (Å²) in [5, 5.41) is 14.1.